The summed E-state index contributed by atoms with van der Waals surface area (Å²) >= 11 is 0. The molecule has 0 aliphatic carbocycles. The normalized spacial score (nSPS) is 20.7. The molecule has 2 atom stereocenters. The Kier molecular flexibility index (Phi) is 5.79. The molecule has 2 rings (SSSR count). The molecule has 1 aliphatic rings. The summed E-state index contributed by atoms with van der Waals surface area (Å²) in [7, 11) is 0. The molecule has 4 heteroatoms. The molecule has 1 saturated heterocycles. The van der Waals surface area contributed by atoms with Gasteiger partial charge in [0.2, 0.25) is 5.91 Å². The van der Waals surface area contributed by atoms with E-state index >= 15 is 0 Å². The van der Waals surface area contributed by atoms with E-state index < -0.39 is 0 Å². The van der Waals surface area contributed by atoms with Crippen LogP contribution in [0.4, 0.5) is 0 Å². The molecule has 1 amide bonds. The highest BCUT2D eigenvalue weighted by molar-refractivity contribution is 5.81. The minimum atomic E-state index is -0.326. The lowest BCUT2D eigenvalue weighted by molar-refractivity contribution is -0.131. The average molecular weight is 287 g/mol. The van der Waals surface area contributed by atoms with Crippen LogP contribution in [0, 0.1) is 11.8 Å². The van der Waals surface area contributed by atoms with Gasteiger partial charge >= 0.3 is 0 Å². The van der Waals surface area contributed by atoms with Crippen molar-refractivity contribution in [1.82, 2.24) is 5.32 Å². The van der Waals surface area contributed by atoms with Crippen LogP contribution in [-0.4, -0.2) is 29.8 Å². The number of ether oxygens (including phenoxy) is 1. The van der Waals surface area contributed by atoms with E-state index in [1.54, 1.807) is 0 Å². The van der Waals surface area contributed by atoms with Crippen LogP contribution in [0.25, 0.3) is 0 Å². The maximum atomic E-state index is 12.0. The number of amides is 1. The largest absolute Gasteiger partial charge is 0.395 e. The van der Waals surface area contributed by atoms with E-state index in [0.717, 1.165) is 24.0 Å². The zero-order valence-electron chi connectivity index (χ0n) is 12.3. The van der Waals surface area contributed by atoms with E-state index in [4.69, 9.17) is 9.84 Å². The smallest absolute Gasteiger partial charge is 0.249 e. The summed E-state index contributed by atoms with van der Waals surface area (Å²) in [6.45, 7) is 2.49. The zero-order chi connectivity index (χ0) is 15.1. The summed E-state index contributed by atoms with van der Waals surface area (Å²) in [5.74, 6) is 5.87. The van der Waals surface area contributed by atoms with Crippen molar-refractivity contribution in [2.45, 2.75) is 44.9 Å². The van der Waals surface area contributed by atoms with Crippen molar-refractivity contribution in [3.8, 4) is 11.8 Å². The molecule has 0 aromatic heterocycles. The molecule has 1 aromatic carbocycles. The highest BCUT2D eigenvalue weighted by Crippen LogP contribution is 2.19. The molecule has 0 saturated carbocycles. The van der Waals surface area contributed by atoms with Gasteiger partial charge in [-0.25, -0.2) is 0 Å². The highest BCUT2D eigenvalue weighted by atomic mass is 16.5. The molecule has 0 spiro atoms. The first-order valence-corrected chi connectivity index (χ1v) is 7.31. The van der Waals surface area contributed by atoms with E-state index in [9.17, 15) is 4.79 Å². The first-order chi connectivity index (χ1) is 10.2. The van der Waals surface area contributed by atoms with Gasteiger partial charge in [0.15, 0.2) is 0 Å². The first-order valence-electron chi connectivity index (χ1n) is 7.31. The molecule has 4 nitrogen and oxygen atoms in total. The van der Waals surface area contributed by atoms with Crippen LogP contribution in [0.15, 0.2) is 24.3 Å². The lowest BCUT2D eigenvalue weighted by atomic mass is 10.1. The summed E-state index contributed by atoms with van der Waals surface area (Å²) in [4.78, 5) is 12.0. The van der Waals surface area contributed by atoms with Gasteiger partial charge in [-0.1, -0.05) is 30.0 Å². The Morgan fingerprint density at radius 2 is 2.24 bits per heavy atom. The number of carbonyl (C=O) groups excluding carboxylic acids is 1. The summed E-state index contributed by atoms with van der Waals surface area (Å²) in [5.41, 5.74) is 1.86. The highest BCUT2D eigenvalue weighted by Gasteiger charge is 2.27. The number of nitrogens with one attached hydrogen (secondary N) is 1. The third-order valence-corrected chi connectivity index (χ3v) is 3.45. The first kappa shape index (κ1) is 15.6. The Morgan fingerprint density at radius 1 is 1.43 bits per heavy atom. The monoisotopic (exact) mass is 287 g/mol. The molecule has 1 aliphatic heterocycles. The van der Waals surface area contributed by atoms with Crippen LogP contribution in [0.3, 0.4) is 0 Å². The predicted octanol–water partition coefficient (Wildman–Crippen LogP) is 1.60. The van der Waals surface area contributed by atoms with Gasteiger partial charge in [-0.05, 0) is 31.4 Å². The standard InChI is InChI=1S/C17H21NO3/c1-13-9-10-16(21-13)17(20)18-12-15-8-3-2-6-14(15)7-4-5-11-19/h2-3,6,8,13,16,19H,5,9-12H2,1H3,(H,18,20). The summed E-state index contributed by atoms with van der Waals surface area (Å²) in [5, 5.41) is 11.7. The molecule has 1 fully saturated rings. The van der Waals surface area contributed by atoms with Crippen LogP contribution < -0.4 is 5.32 Å². The minimum absolute atomic E-state index is 0.0579. The van der Waals surface area contributed by atoms with Crippen molar-refractivity contribution < 1.29 is 14.6 Å². The van der Waals surface area contributed by atoms with Gasteiger partial charge in [0.1, 0.15) is 6.10 Å². The molecule has 21 heavy (non-hydrogen) atoms. The second kappa shape index (κ2) is 7.82. The summed E-state index contributed by atoms with van der Waals surface area (Å²) in [6, 6.07) is 7.70. The molecule has 0 radical (unpaired) electrons. The van der Waals surface area contributed by atoms with Crippen LogP contribution >= 0.6 is 0 Å². The van der Waals surface area contributed by atoms with Gasteiger partial charge in [0.25, 0.3) is 0 Å². The quantitative estimate of drug-likeness (QED) is 0.827. The molecular weight excluding hydrogens is 266 g/mol. The third kappa shape index (κ3) is 4.59. The predicted molar refractivity (Wildman–Crippen MR) is 80.4 cm³/mol. The number of aliphatic hydroxyl groups is 1. The molecule has 2 unspecified atom stereocenters. The second-order valence-corrected chi connectivity index (χ2v) is 5.16. The second-order valence-electron chi connectivity index (χ2n) is 5.16. The Balaban J connectivity index is 1.94. The SMILES string of the molecule is CC1CCC(C(=O)NCc2ccccc2C#CCCO)O1. The van der Waals surface area contributed by atoms with Gasteiger partial charge in [-0.3, -0.25) is 4.79 Å². The third-order valence-electron chi connectivity index (χ3n) is 3.45. The Labute approximate surface area is 125 Å². The lowest BCUT2D eigenvalue weighted by Gasteiger charge is -2.12. The zero-order valence-corrected chi connectivity index (χ0v) is 12.3. The molecular formula is C17H21NO3. The maximum absolute atomic E-state index is 12.0. The van der Waals surface area contributed by atoms with E-state index in [1.165, 1.54) is 0 Å². The Hall–Kier alpha value is -1.83. The van der Waals surface area contributed by atoms with Crippen molar-refractivity contribution in [2.75, 3.05) is 6.61 Å². The van der Waals surface area contributed by atoms with E-state index in [1.807, 2.05) is 31.2 Å². The van der Waals surface area contributed by atoms with Crippen molar-refractivity contribution >= 4 is 5.91 Å². The van der Waals surface area contributed by atoms with E-state index in [2.05, 4.69) is 17.2 Å². The number of hydrogen-bond donors (Lipinski definition) is 2. The molecule has 112 valence electrons. The molecule has 1 heterocycles. The van der Waals surface area contributed by atoms with E-state index in [0.29, 0.717) is 13.0 Å². The average Bonchev–Trinajstić information content (AvgIpc) is 2.93. The number of rotatable bonds is 4. The van der Waals surface area contributed by atoms with Crippen LogP contribution in [0.5, 0.6) is 0 Å². The topological polar surface area (TPSA) is 58.6 Å². The van der Waals surface area contributed by atoms with E-state index in [-0.39, 0.29) is 24.7 Å². The fourth-order valence-electron chi connectivity index (χ4n) is 2.30. The summed E-state index contributed by atoms with van der Waals surface area (Å²) in [6.07, 6.45) is 2.01. The van der Waals surface area contributed by atoms with Crippen LogP contribution in [0.1, 0.15) is 37.3 Å². The van der Waals surface area contributed by atoms with Crippen LogP contribution in [0.2, 0.25) is 0 Å². The molecule has 1 aromatic rings. The maximum Gasteiger partial charge on any atom is 0.249 e. The Morgan fingerprint density at radius 3 is 2.95 bits per heavy atom. The number of carbonyl (C=O) groups is 1. The van der Waals surface area contributed by atoms with Gasteiger partial charge < -0.3 is 15.2 Å². The van der Waals surface area contributed by atoms with Crippen molar-refractivity contribution in [3.05, 3.63) is 35.4 Å². The van der Waals surface area contributed by atoms with Gasteiger partial charge in [0, 0.05) is 18.5 Å². The minimum Gasteiger partial charge on any atom is -0.395 e. The van der Waals surface area contributed by atoms with Crippen molar-refractivity contribution in [1.29, 1.82) is 0 Å². The number of aliphatic hydroxyl groups excluding tert-OH is 1. The number of benzene rings is 1. The lowest BCUT2D eigenvalue weighted by Crippen LogP contribution is -2.34. The van der Waals surface area contributed by atoms with Crippen LogP contribution in [-0.2, 0) is 16.1 Å². The Bertz CT molecular complexity index is 544. The fourth-order valence-corrected chi connectivity index (χ4v) is 2.30. The fraction of sp³-hybridized carbons (Fsp3) is 0.471. The van der Waals surface area contributed by atoms with Crippen molar-refractivity contribution in [3.63, 3.8) is 0 Å². The summed E-state index contributed by atoms with van der Waals surface area (Å²) < 4.78 is 5.55. The molecule has 2 N–H and O–H groups in total. The van der Waals surface area contributed by atoms with Crippen molar-refractivity contribution in [2.24, 2.45) is 0 Å². The number of hydrogen-bond acceptors (Lipinski definition) is 3. The van der Waals surface area contributed by atoms with Gasteiger partial charge in [0.05, 0.1) is 12.7 Å². The molecule has 0 bridgehead atoms. The van der Waals surface area contributed by atoms with Gasteiger partial charge in [-0.2, -0.15) is 0 Å². The van der Waals surface area contributed by atoms with Gasteiger partial charge in [-0.15, -0.1) is 0 Å².